The summed E-state index contributed by atoms with van der Waals surface area (Å²) in [5.41, 5.74) is -1.55. The van der Waals surface area contributed by atoms with E-state index in [-0.39, 0.29) is 31.0 Å². The van der Waals surface area contributed by atoms with Crippen molar-refractivity contribution in [2.45, 2.75) is 77.6 Å². The molecular formula is C29H34O9. The quantitative estimate of drug-likeness (QED) is 0.356. The van der Waals surface area contributed by atoms with Crippen LogP contribution in [0.3, 0.4) is 0 Å². The van der Waals surface area contributed by atoms with Gasteiger partial charge >= 0.3 is 17.9 Å². The lowest BCUT2D eigenvalue weighted by molar-refractivity contribution is -0.174. The van der Waals surface area contributed by atoms with E-state index in [2.05, 4.69) is 0 Å². The van der Waals surface area contributed by atoms with Crippen molar-refractivity contribution in [2.24, 2.45) is 34.0 Å². The third-order valence-corrected chi connectivity index (χ3v) is 11.0. The summed E-state index contributed by atoms with van der Waals surface area (Å²) in [6, 6.07) is 1.78. The van der Waals surface area contributed by atoms with E-state index in [0.29, 0.717) is 12.8 Å². The fraction of sp³-hybridized carbons (Fsp3) is 0.655. The Morgan fingerprint density at radius 2 is 1.95 bits per heavy atom. The number of carbonyl (C=O) groups is 4. The zero-order chi connectivity index (χ0) is 27.4. The Bertz CT molecular complexity index is 1280. The molecule has 9 nitrogen and oxygen atoms in total. The van der Waals surface area contributed by atoms with Crippen molar-refractivity contribution in [3.63, 3.8) is 0 Å². The molecular weight excluding hydrogens is 492 g/mol. The van der Waals surface area contributed by atoms with Crippen molar-refractivity contribution in [2.75, 3.05) is 7.11 Å². The van der Waals surface area contributed by atoms with Gasteiger partial charge in [0.05, 0.1) is 37.6 Å². The molecule has 2 bridgehead atoms. The van der Waals surface area contributed by atoms with Crippen molar-refractivity contribution in [1.29, 1.82) is 0 Å². The number of furan rings is 1. The summed E-state index contributed by atoms with van der Waals surface area (Å²) in [5.74, 6) is -3.45. The lowest BCUT2D eigenvalue weighted by Gasteiger charge is -2.52. The molecule has 6 rings (SSSR count). The van der Waals surface area contributed by atoms with Gasteiger partial charge in [-0.1, -0.05) is 26.3 Å². The fourth-order valence-corrected chi connectivity index (χ4v) is 9.48. The SMILES string of the molecule is COC(=O)C[C@H]1[C@]2(C)C[C@]3(O)[C@H](C(=O)[C@H]2OC(C)=O)C2=C4CC(=O)O[C@@H](c5ccoc5)[C@]4(C)CC[C@@H]2[C@]13C. The van der Waals surface area contributed by atoms with Crippen molar-refractivity contribution in [3.05, 3.63) is 35.3 Å². The van der Waals surface area contributed by atoms with Gasteiger partial charge in [0, 0.05) is 35.2 Å². The van der Waals surface area contributed by atoms with E-state index in [9.17, 15) is 24.3 Å². The number of hydrogen-bond donors (Lipinski definition) is 1. The maximum Gasteiger partial charge on any atom is 0.310 e. The molecule has 1 aliphatic heterocycles. The van der Waals surface area contributed by atoms with E-state index < -0.39 is 63.8 Å². The van der Waals surface area contributed by atoms with Gasteiger partial charge in [-0.3, -0.25) is 19.2 Å². The molecule has 38 heavy (non-hydrogen) atoms. The summed E-state index contributed by atoms with van der Waals surface area (Å²) in [4.78, 5) is 52.2. The lowest BCUT2D eigenvalue weighted by atomic mass is 9.54. The van der Waals surface area contributed by atoms with Crippen molar-refractivity contribution in [1.82, 2.24) is 0 Å². The first-order valence-corrected chi connectivity index (χ1v) is 13.3. The zero-order valence-corrected chi connectivity index (χ0v) is 22.4. The predicted octanol–water partition coefficient (Wildman–Crippen LogP) is 3.45. The normalized spacial score (nSPS) is 44.8. The molecule has 0 spiro atoms. The molecule has 2 heterocycles. The van der Waals surface area contributed by atoms with E-state index >= 15 is 0 Å². The Balaban J connectivity index is 1.59. The van der Waals surface area contributed by atoms with Crippen LogP contribution in [0.4, 0.5) is 0 Å². The molecule has 1 aromatic rings. The summed E-state index contributed by atoms with van der Waals surface area (Å²) in [6.45, 7) is 7.12. The number of hydrogen-bond acceptors (Lipinski definition) is 9. The van der Waals surface area contributed by atoms with Gasteiger partial charge in [0.15, 0.2) is 11.9 Å². The average Bonchev–Trinajstić information content (AvgIpc) is 3.48. The monoisotopic (exact) mass is 526 g/mol. The van der Waals surface area contributed by atoms with Gasteiger partial charge < -0.3 is 23.7 Å². The molecule has 1 saturated heterocycles. The number of fused-ring (bicyclic) bond motifs is 5. The van der Waals surface area contributed by atoms with Crippen LogP contribution in [0, 0.1) is 34.0 Å². The fourth-order valence-electron chi connectivity index (χ4n) is 9.48. The van der Waals surface area contributed by atoms with E-state index in [1.54, 1.807) is 12.3 Å². The van der Waals surface area contributed by atoms with Crippen LogP contribution in [0.5, 0.6) is 0 Å². The van der Waals surface area contributed by atoms with Gasteiger partial charge in [-0.25, -0.2) is 0 Å². The van der Waals surface area contributed by atoms with Crippen LogP contribution in [0.15, 0.2) is 34.2 Å². The Labute approximate surface area is 220 Å². The second-order valence-corrected chi connectivity index (χ2v) is 12.6. The molecule has 1 aromatic heterocycles. The molecule has 4 aliphatic carbocycles. The van der Waals surface area contributed by atoms with Crippen molar-refractivity contribution in [3.8, 4) is 0 Å². The van der Waals surface area contributed by atoms with Crippen LogP contribution in [-0.4, -0.2) is 47.6 Å². The molecule has 9 heteroatoms. The average molecular weight is 527 g/mol. The minimum atomic E-state index is -1.46. The molecule has 9 atom stereocenters. The highest BCUT2D eigenvalue weighted by Gasteiger charge is 2.83. The highest BCUT2D eigenvalue weighted by atomic mass is 16.6. The maximum atomic E-state index is 14.3. The third-order valence-electron chi connectivity index (χ3n) is 11.0. The molecule has 5 aliphatic rings. The van der Waals surface area contributed by atoms with Crippen LogP contribution in [0.2, 0.25) is 0 Å². The van der Waals surface area contributed by atoms with Gasteiger partial charge in [0.25, 0.3) is 0 Å². The van der Waals surface area contributed by atoms with E-state index in [1.165, 1.54) is 20.3 Å². The standard InChI is InChI=1S/C29H34O9/c1-14(30)37-25-23(33)22-21-16(28(4)18(11-19(31)35-5)27(25,3)13-29(22,28)34)6-8-26(2)17(21)10-20(32)38-24(26)15-7-9-36-12-15/h7,9,12,16,18,22,24-25,34H,6,8,10-11,13H2,1-5H3/t16-,18-,22-,24-,25+,26+,27-,28+,29-/m0/s1. The highest BCUT2D eigenvalue weighted by molar-refractivity contribution is 5.95. The molecule has 0 aromatic carbocycles. The van der Waals surface area contributed by atoms with Crippen LogP contribution >= 0.6 is 0 Å². The first kappa shape index (κ1) is 25.3. The Hall–Kier alpha value is -2.94. The van der Waals surface area contributed by atoms with Gasteiger partial charge in [-0.15, -0.1) is 0 Å². The summed E-state index contributed by atoms with van der Waals surface area (Å²) < 4.78 is 21.9. The maximum absolute atomic E-state index is 14.3. The largest absolute Gasteiger partial charge is 0.472 e. The molecule has 204 valence electrons. The topological polar surface area (TPSA) is 129 Å². The Morgan fingerprint density at radius 3 is 2.58 bits per heavy atom. The number of ether oxygens (including phenoxy) is 3. The van der Waals surface area contributed by atoms with Gasteiger partial charge in [-0.05, 0) is 42.7 Å². The van der Waals surface area contributed by atoms with Gasteiger partial charge in [-0.2, -0.15) is 0 Å². The summed E-state index contributed by atoms with van der Waals surface area (Å²) in [7, 11) is 1.32. The van der Waals surface area contributed by atoms with Gasteiger partial charge in [0.1, 0.15) is 6.10 Å². The smallest absolute Gasteiger partial charge is 0.310 e. The highest BCUT2D eigenvalue weighted by Crippen LogP contribution is 2.79. The number of cyclic esters (lactones) is 1. The first-order chi connectivity index (χ1) is 17.8. The molecule has 3 saturated carbocycles. The lowest BCUT2D eigenvalue weighted by Crippen LogP contribution is -2.56. The van der Waals surface area contributed by atoms with E-state index in [4.69, 9.17) is 18.6 Å². The Kier molecular flexibility index (Phi) is 5.21. The van der Waals surface area contributed by atoms with Crippen LogP contribution in [0.25, 0.3) is 0 Å². The molecule has 1 N–H and O–H groups in total. The van der Waals surface area contributed by atoms with Crippen molar-refractivity contribution < 1.29 is 42.9 Å². The van der Waals surface area contributed by atoms with Crippen molar-refractivity contribution >= 4 is 23.7 Å². The second kappa shape index (κ2) is 7.81. The number of ketones is 1. The molecule has 0 unspecified atom stereocenters. The second-order valence-electron chi connectivity index (χ2n) is 12.6. The third kappa shape index (κ3) is 2.86. The van der Waals surface area contributed by atoms with Crippen LogP contribution in [0.1, 0.15) is 71.5 Å². The number of carbonyl (C=O) groups excluding carboxylic acids is 4. The predicted molar refractivity (Wildman–Crippen MR) is 130 cm³/mol. The Morgan fingerprint density at radius 1 is 1.21 bits per heavy atom. The number of rotatable bonds is 4. The number of esters is 3. The molecule has 4 fully saturated rings. The number of aliphatic hydroxyl groups is 1. The van der Waals surface area contributed by atoms with E-state index in [1.807, 2.05) is 20.8 Å². The minimum Gasteiger partial charge on any atom is -0.472 e. The first-order valence-electron chi connectivity index (χ1n) is 13.3. The van der Waals surface area contributed by atoms with E-state index in [0.717, 1.165) is 16.7 Å². The minimum absolute atomic E-state index is 0.0142. The summed E-state index contributed by atoms with van der Waals surface area (Å²) in [6.07, 6.45) is 2.92. The number of Topliss-reactive ketones (excluding diaryl/α,β-unsaturated/α-hetero) is 1. The molecule has 0 amide bonds. The zero-order valence-electron chi connectivity index (χ0n) is 22.4. The van der Waals surface area contributed by atoms with Gasteiger partial charge in [0.2, 0.25) is 0 Å². The summed E-state index contributed by atoms with van der Waals surface area (Å²) in [5, 5.41) is 12.6. The van der Waals surface area contributed by atoms with Crippen LogP contribution < -0.4 is 0 Å². The summed E-state index contributed by atoms with van der Waals surface area (Å²) >= 11 is 0. The number of methoxy groups -OCH3 is 1. The molecule has 0 radical (unpaired) electrons. The van der Waals surface area contributed by atoms with Crippen LogP contribution in [-0.2, 0) is 33.4 Å².